The van der Waals surface area contributed by atoms with Crippen molar-refractivity contribution in [2.75, 3.05) is 0 Å². The second kappa shape index (κ2) is 17.9. The van der Waals surface area contributed by atoms with Crippen LogP contribution < -0.4 is 0 Å². The molecule has 2 aromatic heterocycles. The van der Waals surface area contributed by atoms with Crippen LogP contribution in [0.3, 0.4) is 0 Å². The molecule has 2 heterocycles. The minimum Gasteiger partial charge on any atom is -0.253 e. The number of nitrogens with zero attached hydrogens (tertiary/aromatic N) is 4. The molecular weight excluding hydrogens is 681 g/mol. The summed E-state index contributed by atoms with van der Waals surface area (Å²) in [5.41, 5.74) is 13.3. The van der Waals surface area contributed by atoms with Crippen molar-refractivity contribution >= 4 is 10.9 Å². The van der Waals surface area contributed by atoms with Gasteiger partial charge >= 0.3 is 0 Å². The lowest BCUT2D eigenvalue weighted by molar-refractivity contribution is 1.07. The molecule has 9 rings (SSSR count). The number of pyridine rings is 1. The zero-order valence-electron chi connectivity index (χ0n) is 32.3. The SMILES string of the molecule is CC.Cc1cc(-c2ccccc2)cc(-c2cccc(-c3nc(-c4ccccc4)nc(-c4ccccc4)n3)c2)c1-c1ccccc1.Cc1ccc2ccccc2n1. The predicted octanol–water partition coefficient (Wildman–Crippen LogP) is 13.8. The number of hydrogen-bond acceptors (Lipinski definition) is 4. The number of aryl methyl sites for hydroxylation is 2. The smallest absolute Gasteiger partial charge is 0.164 e. The van der Waals surface area contributed by atoms with Crippen LogP contribution in [0.2, 0.25) is 0 Å². The zero-order chi connectivity index (χ0) is 38.7. The number of benzene rings is 7. The molecule has 0 aliphatic carbocycles. The summed E-state index contributed by atoms with van der Waals surface area (Å²) in [4.78, 5) is 19.2. The molecule has 0 spiro atoms. The molecule has 0 saturated heterocycles. The topological polar surface area (TPSA) is 51.6 Å². The molecule has 7 aromatic carbocycles. The molecule has 4 heteroatoms. The maximum Gasteiger partial charge on any atom is 0.164 e. The summed E-state index contributed by atoms with van der Waals surface area (Å²) < 4.78 is 0. The van der Waals surface area contributed by atoms with Crippen LogP contribution in [0.15, 0.2) is 194 Å². The largest absolute Gasteiger partial charge is 0.253 e. The van der Waals surface area contributed by atoms with Gasteiger partial charge in [-0.05, 0) is 77.1 Å². The first-order valence-electron chi connectivity index (χ1n) is 19.1. The first-order valence-corrected chi connectivity index (χ1v) is 19.1. The fourth-order valence-electron chi connectivity index (χ4n) is 6.73. The monoisotopic (exact) mass is 724 g/mol. The molecule has 0 fully saturated rings. The summed E-state index contributed by atoms with van der Waals surface area (Å²) in [6, 6.07) is 66.8. The van der Waals surface area contributed by atoms with E-state index in [0.29, 0.717) is 17.5 Å². The number of para-hydroxylation sites is 1. The molecule has 4 nitrogen and oxygen atoms in total. The highest BCUT2D eigenvalue weighted by molar-refractivity contribution is 5.90. The lowest BCUT2D eigenvalue weighted by Gasteiger charge is -2.17. The fourth-order valence-corrected chi connectivity index (χ4v) is 6.73. The van der Waals surface area contributed by atoms with Crippen molar-refractivity contribution in [1.29, 1.82) is 0 Å². The Labute approximate surface area is 330 Å². The van der Waals surface area contributed by atoms with Gasteiger partial charge in [0.25, 0.3) is 0 Å². The average molecular weight is 725 g/mol. The summed E-state index contributed by atoms with van der Waals surface area (Å²) in [5, 5.41) is 1.21. The molecule has 0 saturated carbocycles. The van der Waals surface area contributed by atoms with Crippen LogP contribution in [0.25, 0.3) is 78.4 Å². The van der Waals surface area contributed by atoms with Gasteiger partial charge in [0.1, 0.15) is 0 Å². The zero-order valence-corrected chi connectivity index (χ0v) is 32.3. The van der Waals surface area contributed by atoms with Crippen molar-refractivity contribution in [3.63, 3.8) is 0 Å². The molecule has 0 atom stereocenters. The minimum absolute atomic E-state index is 0.645. The van der Waals surface area contributed by atoms with Gasteiger partial charge in [-0.25, -0.2) is 15.0 Å². The van der Waals surface area contributed by atoms with Crippen LogP contribution in [0.1, 0.15) is 25.1 Å². The second-order valence-corrected chi connectivity index (χ2v) is 13.2. The summed E-state index contributed by atoms with van der Waals surface area (Å²) in [6.07, 6.45) is 0. The van der Waals surface area contributed by atoms with Gasteiger partial charge in [-0.3, -0.25) is 4.98 Å². The van der Waals surface area contributed by atoms with E-state index in [2.05, 4.69) is 121 Å². The van der Waals surface area contributed by atoms with Gasteiger partial charge in [0.05, 0.1) is 5.52 Å². The predicted molar refractivity (Wildman–Crippen MR) is 235 cm³/mol. The molecule has 0 amide bonds. The standard InChI is InChI=1S/C40H29N3.C10H9N.C2H6/c1-28-25-35(29-15-6-2-7-16-29)27-36(37(28)30-17-8-3-9-18-30)33-23-14-24-34(26-33)40-42-38(31-19-10-4-11-20-31)41-39(43-40)32-21-12-5-13-22-32;1-8-6-7-9-4-2-3-5-10(9)11-8;1-2/h2-27H,1H3;2-7H,1H3;1-2H3. The number of aromatic nitrogens is 4. The van der Waals surface area contributed by atoms with Crippen molar-refractivity contribution in [3.8, 4) is 67.5 Å². The molecule has 0 unspecified atom stereocenters. The van der Waals surface area contributed by atoms with E-state index in [0.717, 1.165) is 33.5 Å². The second-order valence-electron chi connectivity index (χ2n) is 13.2. The van der Waals surface area contributed by atoms with E-state index in [-0.39, 0.29) is 0 Å². The number of hydrogen-bond donors (Lipinski definition) is 0. The third kappa shape index (κ3) is 8.67. The van der Waals surface area contributed by atoms with Crippen LogP contribution in [0.5, 0.6) is 0 Å². The minimum atomic E-state index is 0.645. The number of fused-ring (bicyclic) bond motifs is 1. The summed E-state index contributed by atoms with van der Waals surface area (Å²) in [6.45, 7) is 8.21. The fraction of sp³-hybridized carbons (Fsp3) is 0.0769. The summed E-state index contributed by atoms with van der Waals surface area (Å²) in [5.74, 6) is 1.95. The summed E-state index contributed by atoms with van der Waals surface area (Å²) >= 11 is 0. The third-order valence-electron chi connectivity index (χ3n) is 9.37. The van der Waals surface area contributed by atoms with Crippen LogP contribution in [-0.4, -0.2) is 19.9 Å². The highest BCUT2D eigenvalue weighted by Crippen LogP contribution is 2.39. The molecule has 56 heavy (non-hydrogen) atoms. The van der Waals surface area contributed by atoms with E-state index in [9.17, 15) is 0 Å². The van der Waals surface area contributed by atoms with Gasteiger partial charge < -0.3 is 0 Å². The van der Waals surface area contributed by atoms with Crippen LogP contribution in [0.4, 0.5) is 0 Å². The molecular formula is C52H44N4. The van der Waals surface area contributed by atoms with Gasteiger partial charge in [0.15, 0.2) is 17.5 Å². The Kier molecular flexibility index (Phi) is 11.9. The van der Waals surface area contributed by atoms with Crippen molar-refractivity contribution in [3.05, 3.63) is 205 Å². The van der Waals surface area contributed by atoms with Gasteiger partial charge in [-0.2, -0.15) is 0 Å². The quantitative estimate of drug-likeness (QED) is 0.171. The van der Waals surface area contributed by atoms with Crippen molar-refractivity contribution < 1.29 is 0 Å². The van der Waals surface area contributed by atoms with E-state index < -0.39 is 0 Å². The van der Waals surface area contributed by atoms with Gasteiger partial charge in [-0.1, -0.05) is 184 Å². The van der Waals surface area contributed by atoms with E-state index in [4.69, 9.17) is 15.0 Å². The number of rotatable bonds is 6. The molecule has 9 aromatic rings. The van der Waals surface area contributed by atoms with Crippen molar-refractivity contribution in [2.45, 2.75) is 27.7 Å². The van der Waals surface area contributed by atoms with E-state index >= 15 is 0 Å². The van der Waals surface area contributed by atoms with E-state index in [1.807, 2.05) is 106 Å². The third-order valence-corrected chi connectivity index (χ3v) is 9.37. The molecule has 0 radical (unpaired) electrons. The normalized spacial score (nSPS) is 10.5. The summed E-state index contributed by atoms with van der Waals surface area (Å²) in [7, 11) is 0. The Morgan fingerprint density at radius 1 is 0.321 bits per heavy atom. The molecule has 0 bridgehead atoms. The maximum absolute atomic E-state index is 4.98. The lowest BCUT2D eigenvalue weighted by atomic mass is 9.87. The van der Waals surface area contributed by atoms with Crippen molar-refractivity contribution in [2.24, 2.45) is 0 Å². The lowest BCUT2D eigenvalue weighted by Crippen LogP contribution is -2.00. The molecule has 0 aliphatic heterocycles. The van der Waals surface area contributed by atoms with Gasteiger partial charge in [0.2, 0.25) is 0 Å². The Hall–Kier alpha value is -7.04. The highest BCUT2D eigenvalue weighted by Gasteiger charge is 2.16. The van der Waals surface area contributed by atoms with Gasteiger partial charge in [-0.15, -0.1) is 0 Å². The molecule has 0 aliphatic rings. The highest BCUT2D eigenvalue weighted by atomic mass is 15.0. The van der Waals surface area contributed by atoms with E-state index in [1.165, 1.54) is 38.8 Å². The van der Waals surface area contributed by atoms with Crippen molar-refractivity contribution in [1.82, 2.24) is 19.9 Å². The Morgan fingerprint density at radius 2 is 0.786 bits per heavy atom. The first-order chi connectivity index (χ1) is 27.6. The average Bonchev–Trinajstić information content (AvgIpc) is 3.28. The maximum atomic E-state index is 4.98. The first kappa shape index (κ1) is 37.3. The van der Waals surface area contributed by atoms with E-state index in [1.54, 1.807) is 0 Å². The van der Waals surface area contributed by atoms with Crippen LogP contribution in [-0.2, 0) is 0 Å². The Balaban J connectivity index is 0.000000314. The molecule has 0 N–H and O–H groups in total. The van der Waals surface area contributed by atoms with Gasteiger partial charge in [0, 0.05) is 27.8 Å². The van der Waals surface area contributed by atoms with Crippen LogP contribution >= 0.6 is 0 Å². The van der Waals surface area contributed by atoms with Crippen LogP contribution in [0, 0.1) is 13.8 Å². The molecule has 272 valence electrons. The Bertz CT molecular complexity index is 2600. The Morgan fingerprint density at radius 3 is 1.38 bits per heavy atom.